The predicted molar refractivity (Wildman–Crippen MR) is 88.2 cm³/mol. The summed E-state index contributed by atoms with van der Waals surface area (Å²) in [5.41, 5.74) is 1.72. The van der Waals surface area contributed by atoms with Crippen molar-refractivity contribution < 1.29 is 4.79 Å². The molecule has 2 aromatic heterocycles. The van der Waals surface area contributed by atoms with Gasteiger partial charge in [0, 0.05) is 49.3 Å². The maximum atomic E-state index is 12.9. The highest BCUT2D eigenvalue weighted by atomic mass is 16.2. The number of hydrogen-bond donors (Lipinski definition) is 2. The lowest BCUT2D eigenvalue weighted by atomic mass is 10.1. The van der Waals surface area contributed by atoms with Crippen LogP contribution in [0, 0.1) is 0 Å². The van der Waals surface area contributed by atoms with E-state index in [1.807, 2.05) is 41.6 Å². The summed E-state index contributed by atoms with van der Waals surface area (Å²) in [6.45, 7) is 2.21. The summed E-state index contributed by atoms with van der Waals surface area (Å²) in [5, 5.41) is 1.12. The zero-order valence-electron chi connectivity index (χ0n) is 13.0. The summed E-state index contributed by atoms with van der Waals surface area (Å²) < 4.78 is 0. The molecule has 1 fully saturated rings. The Labute approximate surface area is 134 Å². The van der Waals surface area contributed by atoms with Crippen LogP contribution in [-0.2, 0) is 0 Å². The number of nitrogens with one attached hydrogen (secondary N) is 2. The van der Waals surface area contributed by atoms with Crippen molar-refractivity contribution in [2.45, 2.75) is 6.04 Å². The number of fused-ring (bicyclic) bond motifs is 1. The van der Waals surface area contributed by atoms with Crippen molar-refractivity contribution in [2.24, 2.45) is 0 Å². The average Bonchev–Trinajstić information content (AvgIpc) is 3.25. The molecule has 3 heterocycles. The molecule has 1 aliphatic rings. The molecular formula is C17H19N5O. The molecule has 1 aromatic carbocycles. The van der Waals surface area contributed by atoms with Crippen LogP contribution in [0.1, 0.15) is 22.2 Å². The van der Waals surface area contributed by atoms with Crippen LogP contribution in [-0.4, -0.2) is 57.3 Å². The van der Waals surface area contributed by atoms with Gasteiger partial charge in [0.05, 0.1) is 6.04 Å². The van der Waals surface area contributed by atoms with Crippen molar-refractivity contribution in [1.29, 1.82) is 0 Å². The number of benzene rings is 1. The zero-order valence-corrected chi connectivity index (χ0v) is 13.0. The van der Waals surface area contributed by atoms with Crippen LogP contribution in [0.2, 0.25) is 0 Å². The molecule has 1 aliphatic heterocycles. The van der Waals surface area contributed by atoms with Gasteiger partial charge in [0.15, 0.2) is 0 Å². The molecule has 2 N–H and O–H groups in total. The van der Waals surface area contributed by atoms with E-state index in [1.165, 1.54) is 0 Å². The highest BCUT2D eigenvalue weighted by molar-refractivity contribution is 5.98. The number of piperazine rings is 1. The number of carbonyl (C=O) groups is 1. The Morgan fingerprint density at radius 2 is 2.13 bits per heavy atom. The van der Waals surface area contributed by atoms with Gasteiger partial charge in [-0.15, -0.1) is 0 Å². The molecule has 0 aliphatic carbocycles. The molecule has 0 bridgehead atoms. The Balaban J connectivity index is 1.58. The van der Waals surface area contributed by atoms with Crippen molar-refractivity contribution in [3.05, 3.63) is 54.2 Å². The van der Waals surface area contributed by atoms with Gasteiger partial charge < -0.3 is 14.9 Å². The molecule has 6 heteroatoms. The predicted octanol–water partition coefficient (Wildman–Crippen LogP) is 2.02. The van der Waals surface area contributed by atoms with Crippen molar-refractivity contribution in [1.82, 2.24) is 24.8 Å². The first-order chi connectivity index (χ1) is 11.2. The molecule has 1 unspecified atom stereocenters. The van der Waals surface area contributed by atoms with Crippen molar-refractivity contribution in [2.75, 3.05) is 26.7 Å². The molecule has 4 rings (SSSR count). The summed E-state index contributed by atoms with van der Waals surface area (Å²) in [7, 11) is 2.07. The van der Waals surface area contributed by atoms with Crippen LogP contribution in [0.4, 0.5) is 0 Å². The van der Waals surface area contributed by atoms with Crippen LogP contribution in [0.3, 0.4) is 0 Å². The summed E-state index contributed by atoms with van der Waals surface area (Å²) in [6.07, 6.45) is 5.47. The number of amides is 1. The van der Waals surface area contributed by atoms with Crippen molar-refractivity contribution in [3.8, 4) is 0 Å². The lowest BCUT2D eigenvalue weighted by Crippen LogP contribution is -2.49. The van der Waals surface area contributed by atoms with Crippen LogP contribution in [0.15, 0.2) is 42.9 Å². The summed E-state index contributed by atoms with van der Waals surface area (Å²) in [4.78, 5) is 27.7. The van der Waals surface area contributed by atoms with Gasteiger partial charge in [-0.25, -0.2) is 4.98 Å². The first kappa shape index (κ1) is 14.0. The topological polar surface area (TPSA) is 68.0 Å². The number of hydrogen-bond acceptors (Lipinski definition) is 3. The van der Waals surface area contributed by atoms with Gasteiger partial charge in [-0.2, -0.15) is 0 Å². The van der Waals surface area contributed by atoms with E-state index < -0.39 is 0 Å². The van der Waals surface area contributed by atoms with E-state index in [1.54, 1.807) is 6.20 Å². The van der Waals surface area contributed by atoms with E-state index in [2.05, 4.69) is 26.9 Å². The molecule has 118 valence electrons. The number of nitrogens with zero attached hydrogens (tertiary/aromatic N) is 3. The number of aromatic nitrogens is 3. The summed E-state index contributed by atoms with van der Waals surface area (Å²) >= 11 is 0. The largest absolute Gasteiger partial charge is 0.361 e. The summed E-state index contributed by atoms with van der Waals surface area (Å²) in [5.74, 6) is 0.982. The fourth-order valence-electron chi connectivity index (χ4n) is 3.18. The maximum absolute atomic E-state index is 12.9. The quantitative estimate of drug-likeness (QED) is 0.761. The highest BCUT2D eigenvalue weighted by Gasteiger charge is 2.30. The van der Waals surface area contributed by atoms with E-state index in [0.29, 0.717) is 6.54 Å². The molecule has 1 atom stereocenters. The molecule has 6 nitrogen and oxygen atoms in total. The Morgan fingerprint density at radius 1 is 1.22 bits per heavy atom. The van der Waals surface area contributed by atoms with E-state index in [4.69, 9.17) is 0 Å². The minimum atomic E-state index is 0.0751. The second kappa shape index (κ2) is 5.55. The second-order valence-corrected chi connectivity index (χ2v) is 6.00. The molecule has 3 aromatic rings. The number of rotatable bonds is 2. The molecule has 1 amide bonds. The van der Waals surface area contributed by atoms with Crippen molar-refractivity contribution in [3.63, 3.8) is 0 Å². The van der Waals surface area contributed by atoms with Crippen LogP contribution in [0.5, 0.6) is 0 Å². The Morgan fingerprint density at radius 3 is 2.96 bits per heavy atom. The minimum absolute atomic E-state index is 0.0751. The van der Waals surface area contributed by atoms with Gasteiger partial charge in [-0.05, 0) is 30.6 Å². The first-order valence-electron chi connectivity index (χ1n) is 7.78. The number of likely N-dealkylation sites (N-methyl/N-ethyl adjacent to an activating group) is 1. The molecule has 0 radical (unpaired) electrons. The SMILES string of the molecule is CN1CCN(C(=O)c2ccc3cc[nH]c3c2)CC1c1ncc[nH]1. The smallest absolute Gasteiger partial charge is 0.254 e. The zero-order chi connectivity index (χ0) is 15.8. The van der Waals surface area contributed by atoms with E-state index >= 15 is 0 Å². The maximum Gasteiger partial charge on any atom is 0.254 e. The average molecular weight is 309 g/mol. The summed E-state index contributed by atoms with van der Waals surface area (Å²) in [6, 6.07) is 7.93. The molecule has 0 spiro atoms. The monoisotopic (exact) mass is 309 g/mol. The number of aromatic amines is 2. The number of carbonyl (C=O) groups excluding carboxylic acids is 1. The molecule has 0 saturated carbocycles. The Kier molecular flexibility index (Phi) is 3.38. The number of H-pyrrole nitrogens is 2. The Hall–Kier alpha value is -2.60. The van der Waals surface area contributed by atoms with Gasteiger partial charge >= 0.3 is 0 Å². The second-order valence-electron chi connectivity index (χ2n) is 6.00. The van der Waals surface area contributed by atoms with E-state index in [9.17, 15) is 4.79 Å². The fraction of sp³-hybridized carbons (Fsp3) is 0.294. The lowest BCUT2D eigenvalue weighted by Gasteiger charge is -2.38. The lowest BCUT2D eigenvalue weighted by molar-refractivity contribution is 0.0534. The van der Waals surface area contributed by atoms with E-state index in [0.717, 1.165) is 35.4 Å². The van der Waals surface area contributed by atoms with Gasteiger partial charge in [0.2, 0.25) is 0 Å². The minimum Gasteiger partial charge on any atom is -0.361 e. The highest BCUT2D eigenvalue weighted by Crippen LogP contribution is 2.23. The van der Waals surface area contributed by atoms with Crippen LogP contribution < -0.4 is 0 Å². The van der Waals surface area contributed by atoms with Crippen LogP contribution >= 0.6 is 0 Å². The fourth-order valence-corrected chi connectivity index (χ4v) is 3.18. The number of imidazole rings is 1. The van der Waals surface area contributed by atoms with Gasteiger partial charge in [-0.3, -0.25) is 9.69 Å². The third-order valence-electron chi connectivity index (χ3n) is 4.57. The van der Waals surface area contributed by atoms with Gasteiger partial charge in [0.1, 0.15) is 5.82 Å². The Bertz CT molecular complexity index is 823. The van der Waals surface area contributed by atoms with E-state index in [-0.39, 0.29) is 11.9 Å². The molecule has 1 saturated heterocycles. The van der Waals surface area contributed by atoms with Crippen molar-refractivity contribution >= 4 is 16.8 Å². The molecule has 23 heavy (non-hydrogen) atoms. The first-order valence-corrected chi connectivity index (χ1v) is 7.78. The van der Waals surface area contributed by atoms with Gasteiger partial charge in [-0.1, -0.05) is 6.07 Å². The standard InChI is InChI=1S/C17H19N5O/c1-21-8-9-22(11-15(21)16-19-6-7-20-16)17(23)13-3-2-12-4-5-18-14(12)10-13/h2-7,10,15,18H,8-9,11H2,1H3,(H,19,20). The molecular weight excluding hydrogens is 290 g/mol. The third kappa shape index (κ3) is 2.51. The van der Waals surface area contributed by atoms with Crippen LogP contribution in [0.25, 0.3) is 10.9 Å². The normalized spacial score (nSPS) is 19.3. The third-order valence-corrected chi connectivity index (χ3v) is 4.57. The van der Waals surface area contributed by atoms with Gasteiger partial charge in [0.25, 0.3) is 5.91 Å².